The molecule has 0 saturated carbocycles. The summed E-state index contributed by atoms with van der Waals surface area (Å²) < 4.78 is 5.21. The van der Waals surface area contributed by atoms with Gasteiger partial charge in [-0.05, 0) is 30.2 Å². The lowest BCUT2D eigenvalue weighted by molar-refractivity contribution is 0.415. The molecule has 0 spiro atoms. The first-order valence-corrected chi connectivity index (χ1v) is 8.20. The molecule has 1 heterocycles. The molecule has 0 aliphatic rings. The van der Waals surface area contributed by atoms with E-state index >= 15 is 0 Å². The van der Waals surface area contributed by atoms with Gasteiger partial charge in [-0.3, -0.25) is 0 Å². The highest BCUT2D eigenvalue weighted by Crippen LogP contribution is 2.32. The Hall–Kier alpha value is -1.39. The maximum absolute atomic E-state index is 5.21. The predicted octanol–water partition coefficient (Wildman–Crippen LogP) is 4.44. The lowest BCUT2D eigenvalue weighted by Crippen LogP contribution is -2.22. The summed E-state index contributed by atoms with van der Waals surface area (Å²) in [7, 11) is 1.69. The number of methoxy groups -OCH3 is 1. The van der Waals surface area contributed by atoms with Crippen molar-refractivity contribution < 1.29 is 4.74 Å². The summed E-state index contributed by atoms with van der Waals surface area (Å²) in [6, 6.07) is 8.59. The Morgan fingerprint density at radius 2 is 1.81 bits per heavy atom. The van der Waals surface area contributed by atoms with Crippen LogP contribution in [0.2, 0.25) is 0 Å². The van der Waals surface area contributed by atoms with Gasteiger partial charge in [-0.25, -0.2) is 4.98 Å². The number of benzene rings is 1. The van der Waals surface area contributed by atoms with Gasteiger partial charge in [-0.1, -0.05) is 27.7 Å². The summed E-state index contributed by atoms with van der Waals surface area (Å²) in [5, 5.41) is 4.58. The topological polar surface area (TPSA) is 34.1 Å². The van der Waals surface area contributed by atoms with Gasteiger partial charge in [-0.15, -0.1) is 11.3 Å². The number of hydrogen-bond donors (Lipinski definition) is 1. The summed E-state index contributed by atoms with van der Waals surface area (Å²) >= 11 is 1.78. The SMILES string of the molecule is COc1ccc(-c2nc(C(C)C)c(CNC(C)C)s2)cc1. The molecular weight excluding hydrogens is 280 g/mol. The van der Waals surface area contributed by atoms with Gasteiger partial charge in [0, 0.05) is 23.0 Å². The quantitative estimate of drug-likeness (QED) is 0.856. The van der Waals surface area contributed by atoms with E-state index in [2.05, 4.69) is 45.1 Å². The van der Waals surface area contributed by atoms with Gasteiger partial charge in [0.25, 0.3) is 0 Å². The van der Waals surface area contributed by atoms with Gasteiger partial charge in [0.1, 0.15) is 10.8 Å². The van der Waals surface area contributed by atoms with Crippen LogP contribution in [-0.4, -0.2) is 18.1 Å². The lowest BCUT2D eigenvalue weighted by Gasteiger charge is -2.09. The molecule has 1 aromatic carbocycles. The van der Waals surface area contributed by atoms with E-state index in [0.717, 1.165) is 22.9 Å². The highest BCUT2D eigenvalue weighted by molar-refractivity contribution is 7.15. The second-order valence-corrected chi connectivity index (χ2v) is 6.83. The van der Waals surface area contributed by atoms with E-state index in [1.165, 1.54) is 10.6 Å². The van der Waals surface area contributed by atoms with Crippen molar-refractivity contribution in [1.29, 1.82) is 0 Å². The van der Waals surface area contributed by atoms with Crippen molar-refractivity contribution >= 4 is 11.3 Å². The molecule has 0 saturated heterocycles. The molecule has 0 bridgehead atoms. The van der Waals surface area contributed by atoms with Gasteiger partial charge in [-0.2, -0.15) is 0 Å². The molecule has 1 N–H and O–H groups in total. The molecule has 21 heavy (non-hydrogen) atoms. The first-order valence-electron chi connectivity index (χ1n) is 7.38. The molecule has 0 aliphatic heterocycles. The Labute approximate surface area is 131 Å². The maximum atomic E-state index is 5.21. The average molecular weight is 304 g/mol. The van der Waals surface area contributed by atoms with Crippen molar-refractivity contribution in [3.8, 4) is 16.3 Å². The van der Waals surface area contributed by atoms with Gasteiger partial charge >= 0.3 is 0 Å². The number of ether oxygens (including phenoxy) is 1. The lowest BCUT2D eigenvalue weighted by atomic mass is 10.1. The Bertz CT molecular complexity index is 573. The number of thiazole rings is 1. The number of hydrogen-bond acceptors (Lipinski definition) is 4. The first-order chi connectivity index (χ1) is 10.0. The van der Waals surface area contributed by atoms with Crippen molar-refractivity contribution in [2.75, 3.05) is 7.11 Å². The Balaban J connectivity index is 2.28. The molecule has 0 atom stereocenters. The molecule has 0 amide bonds. The fraction of sp³-hybridized carbons (Fsp3) is 0.471. The van der Waals surface area contributed by atoms with E-state index in [9.17, 15) is 0 Å². The van der Waals surface area contributed by atoms with Gasteiger partial charge in [0.05, 0.1) is 12.8 Å². The third kappa shape index (κ3) is 4.05. The molecule has 114 valence electrons. The van der Waals surface area contributed by atoms with Crippen molar-refractivity contribution in [3.05, 3.63) is 34.8 Å². The van der Waals surface area contributed by atoms with E-state index in [1.807, 2.05) is 12.1 Å². The minimum atomic E-state index is 0.442. The fourth-order valence-corrected chi connectivity index (χ4v) is 3.27. The van der Waals surface area contributed by atoms with Crippen LogP contribution in [0.15, 0.2) is 24.3 Å². The number of nitrogens with zero attached hydrogens (tertiary/aromatic N) is 1. The van der Waals surface area contributed by atoms with Gasteiger partial charge < -0.3 is 10.1 Å². The van der Waals surface area contributed by atoms with Crippen molar-refractivity contribution in [3.63, 3.8) is 0 Å². The van der Waals surface area contributed by atoms with Crippen LogP contribution in [0.3, 0.4) is 0 Å². The van der Waals surface area contributed by atoms with Crippen LogP contribution < -0.4 is 10.1 Å². The zero-order chi connectivity index (χ0) is 15.4. The van der Waals surface area contributed by atoms with Crippen LogP contribution in [0.4, 0.5) is 0 Å². The molecule has 2 rings (SSSR count). The van der Waals surface area contributed by atoms with Crippen molar-refractivity contribution in [1.82, 2.24) is 10.3 Å². The van der Waals surface area contributed by atoms with Crippen LogP contribution in [-0.2, 0) is 6.54 Å². The molecule has 1 aromatic heterocycles. The van der Waals surface area contributed by atoms with Crippen LogP contribution in [0.5, 0.6) is 5.75 Å². The van der Waals surface area contributed by atoms with E-state index in [0.29, 0.717) is 12.0 Å². The molecule has 4 heteroatoms. The number of rotatable bonds is 6. The molecule has 3 nitrogen and oxygen atoms in total. The van der Waals surface area contributed by atoms with Crippen molar-refractivity contribution in [2.24, 2.45) is 0 Å². The molecular formula is C17H24N2OS. The molecule has 0 radical (unpaired) electrons. The molecule has 0 aliphatic carbocycles. The zero-order valence-electron chi connectivity index (χ0n) is 13.4. The fourth-order valence-electron chi connectivity index (χ4n) is 2.10. The van der Waals surface area contributed by atoms with E-state index in [1.54, 1.807) is 18.4 Å². The van der Waals surface area contributed by atoms with Crippen LogP contribution in [0, 0.1) is 0 Å². The van der Waals surface area contributed by atoms with E-state index in [4.69, 9.17) is 9.72 Å². The highest BCUT2D eigenvalue weighted by Gasteiger charge is 2.15. The Morgan fingerprint density at radius 3 is 2.33 bits per heavy atom. The molecule has 0 unspecified atom stereocenters. The summed E-state index contributed by atoms with van der Waals surface area (Å²) in [6.07, 6.45) is 0. The largest absolute Gasteiger partial charge is 0.497 e. The number of aromatic nitrogens is 1. The minimum absolute atomic E-state index is 0.442. The maximum Gasteiger partial charge on any atom is 0.123 e. The normalized spacial score (nSPS) is 11.4. The third-order valence-electron chi connectivity index (χ3n) is 3.28. The first kappa shape index (κ1) is 16.0. The second kappa shape index (κ2) is 7.05. The average Bonchev–Trinajstić information content (AvgIpc) is 2.89. The molecule has 0 fully saturated rings. The van der Waals surface area contributed by atoms with Gasteiger partial charge in [0.15, 0.2) is 0 Å². The summed E-state index contributed by atoms with van der Waals surface area (Å²) in [4.78, 5) is 6.19. The predicted molar refractivity (Wildman–Crippen MR) is 90.2 cm³/mol. The summed E-state index contributed by atoms with van der Waals surface area (Å²) in [5.74, 6) is 1.32. The third-order valence-corrected chi connectivity index (χ3v) is 4.40. The van der Waals surface area contributed by atoms with E-state index < -0.39 is 0 Å². The van der Waals surface area contributed by atoms with E-state index in [-0.39, 0.29) is 0 Å². The van der Waals surface area contributed by atoms with Crippen LogP contribution >= 0.6 is 11.3 Å². The van der Waals surface area contributed by atoms with Crippen LogP contribution in [0.1, 0.15) is 44.2 Å². The van der Waals surface area contributed by atoms with Gasteiger partial charge in [0.2, 0.25) is 0 Å². The smallest absolute Gasteiger partial charge is 0.123 e. The van der Waals surface area contributed by atoms with Crippen molar-refractivity contribution in [2.45, 2.75) is 46.2 Å². The molecule has 2 aromatic rings. The summed E-state index contributed by atoms with van der Waals surface area (Å²) in [5.41, 5.74) is 2.36. The number of nitrogens with one attached hydrogen (secondary N) is 1. The zero-order valence-corrected chi connectivity index (χ0v) is 14.3. The Morgan fingerprint density at radius 1 is 1.14 bits per heavy atom. The standard InChI is InChI=1S/C17H24N2OS/c1-11(2)16-15(10-18-12(3)4)21-17(19-16)13-6-8-14(20-5)9-7-13/h6-9,11-12,18H,10H2,1-5H3. The van der Waals surface area contributed by atoms with Crippen LogP contribution in [0.25, 0.3) is 10.6 Å². The summed E-state index contributed by atoms with van der Waals surface area (Å²) in [6.45, 7) is 9.62. The second-order valence-electron chi connectivity index (χ2n) is 5.75. The Kier molecular flexibility index (Phi) is 5.37. The minimum Gasteiger partial charge on any atom is -0.497 e. The highest BCUT2D eigenvalue weighted by atomic mass is 32.1. The monoisotopic (exact) mass is 304 g/mol.